The van der Waals surface area contributed by atoms with Gasteiger partial charge in [0.15, 0.2) is 0 Å². The zero-order chi connectivity index (χ0) is 10.4. The summed E-state index contributed by atoms with van der Waals surface area (Å²) in [7, 11) is 0. The van der Waals surface area contributed by atoms with E-state index in [4.69, 9.17) is 5.11 Å². The fourth-order valence-electron chi connectivity index (χ4n) is 1.15. The average Bonchev–Trinajstić information content (AvgIpc) is 2.26. The van der Waals surface area contributed by atoms with Gasteiger partial charge in [0.1, 0.15) is 0 Å². The van der Waals surface area contributed by atoms with Crippen LogP contribution in [0.5, 0.6) is 0 Å². The van der Waals surface area contributed by atoms with Crippen LogP contribution in [-0.2, 0) is 6.61 Å². The highest BCUT2D eigenvalue weighted by Crippen LogP contribution is 2.04. The van der Waals surface area contributed by atoms with Gasteiger partial charge in [-0.3, -0.25) is 4.79 Å². The van der Waals surface area contributed by atoms with Crippen molar-refractivity contribution in [2.75, 3.05) is 6.54 Å². The van der Waals surface area contributed by atoms with Gasteiger partial charge in [0.25, 0.3) is 5.91 Å². The van der Waals surface area contributed by atoms with E-state index in [9.17, 15) is 4.79 Å². The summed E-state index contributed by atoms with van der Waals surface area (Å²) >= 11 is 0. The van der Waals surface area contributed by atoms with Gasteiger partial charge < -0.3 is 10.4 Å². The Kier molecular flexibility index (Phi) is 4.13. The van der Waals surface area contributed by atoms with Gasteiger partial charge in [-0.1, -0.05) is 19.1 Å². The minimum absolute atomic E-state index is 0.0328. The molecule has 3 heteroatoms. The van der Waals surface area contributed by atoms with Gasteiger partial charge >= 0.3 is 0 Å². The Balaban J connectivity index is 2.69. The van der Waals surface area contributed by atoms with Gasteiger partial charge in [-0.05, 0) is 24.1 Å². The molecule has 0 unspecified atom stereocenters. The molecule has 0 saturated heterocycles. The Morgan fingerprint density at radius 2 is 2.29 bits per heavy atom. The molecular formula is C11H15NO2. The van der Waals surface area contributed by atoms with Crippen molar-refractivity contribution in [2.24, 2.45) is 0 Å². The van der Waals surface area contributed by atoms with Gasteiger partial charge in [-0.25, -0.2) is 0 Å². The van der Waals surface area contributed by atoms with Gasteiger partial charge in [0, 0.05) is 12.1 Å². The lowest BCUT2D eigenvalue weighted by Crippen LogP contribution is -2.23. The minimum atomic E-state index is -0.0813. The van der Waals surface area contributed by atoms with Crippen LogP contribution in [0.2, 0.25) is 0 Å². The molecule has 0 aliphatic heterocycles. The fourth-order valence-corrected chi connectivity index (χ4v) is 1.15. The molecule has 0 aromatic heterocycles. The molecule has 14 heavy (non-hydrogen) atoms. The number of hydrogen-bond acceptors (Lipinski definition) is 2. The molecule has 1 aromatic rings. The first-order chi connectivity index (χ1) is 6.77. The molecule has 3 nitrogen and oxygen atoms in total. The zero-order valence-corrected chi connectivity index (χ0v) is 8.29. The molecule has 76 valence electrons. The molecule has 0 radical (unpaired) electrons. The molecule has 0 spiro atoms. The first-order valence-corrected chi connectivity index (χ1v) is 4.76. The maximum absolute atomic E-state index is 11.5. The Bertz CT molecular complexity index is 310. The van der Waals surface area contributed by atoms with E-state index in [1.807, 2.05) is 6.92 Å². The van der Waals surface area contributed by atoms with E-state index in [0.29, 0.717) is 12.1 Å². The van der Waals surface area contributed by atoms with E-state index < -0.39 is 0 Å². The summed E-state index contributed by atoms with van der Waals surface area (Å²) in [4.78, 5) is 11.5. The summed E-state index contributed by atoms with van der Waals surface area (Å²) < 4.78 is 0. The quantitative estimate of drug-likeness (QED) is 0.757. The van der Waals surface area contributed by atoms with E-state index >= 15 is 0 Å². The molecule has 0 fully saturated rings. The van der Waals surface area contributed by atoms with Gasteiger partial charge in [0.2, 0.25) is 0 Å². The first kappa shape index (κ1) is 10.7. The van der Waals surface area contributed by atoms with Crippen molar-refractivity contribution in [1.82, 2.24) is 5.32 Å². The van der Waals surface area contributed by atoms with Crippen molar-refractivity contribution >= 4 is 5.91 Å². The number of hydrogen-bond donors (Lipinski definition) is 2. The summed E-state index contributed by atoms with van der Waals surface area (Å²) in [5.41, 5.74) is 1.36. The van der Waals surface area contributed by atoms with Crippen molar-refractivity contribution in [3.63, 3.8) is 0 Å². The standard InChI is InChI=1S/C11H15NO2/c1-2-6-12-11(14)10-5-3-4-9(7-10)8-13/h3-5,7,13H,2,6,8H2,1H3,(H,12,14). The highest BCUT2D eigenvalue weighted by atomic mass is 16.3. The van der Waals surface area contributed by atoms with E-state index in [1.165, 1.54) is 0 Å². The lowest BCUT2D eigenvalue weighted by Gasteiger charge is -2.04. The monoisotopic (exact) mass is 193 g/mol. The zero-order valence-electron chi connectivity index (χ0n) is 8.29. The van der Waals surface area contributed by atoms with E-state index in [0.717, 1.165) is 12.0 Å². The van der Waals surface area contributed by atoms with Crippen LogP contribution in [0.3, 0.4) is 0 Å². The highest BCUT2D eigenvalue weighted by Gasteiger charge is 2.03. The van der Waals surface area contributed by atoms with E-state index in [2.05, 4.69) is 5.32 Å². The van der Waals surface area contributed by atoms with Crippen LogP contribution in [-0.4, -0.2) is 17.6 Å². The Hall–Kier alpha value is -1.35. The lowest BCUT2D eigenvalue weighted by atomic mass is 10.1. The van der Waals surface area contributed by atoms with Crippen LogP contribution < -0.4 is 5.32 Å². The predicted molar refractivity (Wildman–Crippen MR) is 55.0 cm³/mol. The van der Waals surface area contributed by atoms with E-state index in [-0.39, 0.29) is 12.5 Å². The molecule has 2 N–H and O–H groups in total. The van der Waals surface area contributed by atoms with Crippen LogP contribution in [0.25, 0.3) is 0 Å². The average molecular weight is 193 g/mol. The molecule has 0 heterocycles. The summed E-state index contributed by atoms with van der Waals surface area (Å²) in [6, 6.07) is 7.00. The third-order valence-electron chi connectivity index (χ3n) is 1.91. The molecule has 1 aromatic carbocycles. The third-order valence-corrected chi connectivity index (χ3v) is 1.91. The minimum Gasteiger partial charge on any atom is -0.392 e. The number of carbonyl (C=O) groups is 1. The lowest BCUT2D eigenvalue weighted by molar-refractivity contribution is 0.0953. The van der Waals surface area contributed by atoms with Crippen molar-refractivity contribution in [2.45, 2.75) is 20.0 Å². The van der Waals surface area contributed by atoms with Gasteiger partial charge in [-0.15, -0.1) is 0 Å². The highest BCUT2D eigenvalue weighted by molar-refractivity contribution is 5.94. The molecule has 1 rings (SSSR count). The number of carbonyl (C=O) groups excluding carboxylic acids is 1. The van der Waals surface area contributed by atoms with Crippen LogP contribution in [0.15, 0.2) is 24.3 Å². The predicted octanol–water partition coefficient (Wildman–Crippen LogP) is 1.32. The van der Waals surface area contributed by atoms with E-state index in [1.54, 1.807) is 24.3 Å². The van der Waals surface area contributed by atoms with Crippen LogP contribution in [0.4, 0.5) is 0 Å². The topological polar surface area (TPSA) is 49.3 Å². The van der Waals surface area contributed by atoms with Crippen molar-refractivity contribution in [1.29, 1.82) is 0 Å². The van der Waals surface area contributed by atoms with Crippen LogP contribution in [0, 0.1) is 0 Å². The third kappa shape index (κ3) is 2.85. The summed E-state index contributed by atoms with van der Waals surface area (Å²) in [5, 5.41) is 11.7. The Labute approximate surface area is 83.8 Å². The number of benzene rings is 1. The van der Waals surface area contributed by atoms with Crippen LogP contribution in [0.1, 0.15) is 29.3 Å². The summed E-state index contributed by atoms with van der Waals surface area (Å²) in [6.45, 7) is 2.65. The molecule has 0 atom stereocenters. The normalized spacial score (nSPS) is 9.86. The molecule has 0 bridgehead atoms. The smallest absolute Gasteiger partial charge is 0.251 e. The van der Waals surface area contributed by atoms with Crippen LogP contribution >= 0.6 is 0 Å². The number of amides is 1. The number of nitrogens with one attached hydrogen (secondary N) is 1. The number of aliphatic hydroxyl groups excluding tert-OH is 1. The Morgan fingerprint density at radius 1 is 1.50 bits per heavy atom. The van der Waals surface area contributed by atoms with Gasteiger partial charge in [0.05, 0.1) is 6.61 Å². The molecule has 0 aliphatic rings. The SMILES string of the molecule is CCCNC(=O)c1cccc(CO)c1. The van der Waals surface area contributed by atoms with Crippen molar-refractivity contribution in [3.05, 3.63) is 35.4 Å². The maximum Gasteiger partial charge on any atom is 0.251 e. The molecule has 0 saturated carbocycles. The van der Waals surface area contributed by atoms with Crippen molar-refractivity contribution < 1.29 is 9.90 Å². The second-order valence-electron chi connectivity index (χ2n) is 3.11. The molecule has 1 amide bonds. The largest absolute Gasteiger partial charge is 0.392 e. The maximum atomic E-state index is 11.5. The van der Waals surface area contributed by atoms with Gasteiger partial charge in [-0.2, -0.15) is 0 Å². The number of rotatable bonds is 4. The fraction of sp³-hybridized carbons (Fsp3) is 0.364. The second-order valence-corrected chi connectivity index (χ2v) is 3.11. The summed E-state index contributed by atoms with van der Waals surface area (Å²) in [5.74, 6) is -0.0813. The Morgan fingerprint density at radius 3 is 2.93 bits per heavy atom. The van der Waals surface area contributed by atoms with Crippen molar-refractivity contribution in [3.8, 4) is 0 Å². The first-order valence-electron chi connectivity index (χ1n) is 4.76. The number of aliphatic hydroxyl groups is 1. The molecular weight excluding hydrogens is 178 g/mol. The molecule has 0 aliphatic carbocycles. The summed E-state index contributed by atoms with van der Waals surface area (Å²) in [6.07, 6.45) is 0.922. The second kappa shape index (κ2) is 5.40.